The lowest BCUT2D eigenvalue weighted by atomic mass is 10.0. The van der Waals surface area contributed by atoms with Gasteiger partial charge in [-0.1, -0.05) is 0 Å². The van der Waals surface area contributed by atoms with Crippen molar-refractivity contribution in [2.45, 2.75) is 13.8 Å². The summed E-state index contributed by atoms with van der Waals surface area (Å²) < 4.78 is 5.66. The maximum atomic E-state index is 12.3. The highest BCUT2D eigenvalue weighted by Gasteiger charge is 2.19. The SMILES string of the molecule is Cc1c(O)c(C)c2oc(-c3ccc(O)c(O)c3)cc(=O)c2c1O. The van der Waals surface area contributed by atoms with E-state index in [1.165, 1.54) is 31.2 Å². The monoisotopic (exact) mass is 314 g/mol. The molecule has 0 amide bonds. The average molecular weight is 314 g/mol. The second-order valence-corrected chi connectivity index (χ2v) is 5.33. The first-order valence-electron chi connectivity index (χ1n) is 6.82. The summed E-state index contributed by atoms with van der Waals surface area (Å²) in [6.45, 7) is 3.08. The number of rotatable bonds is 1. The van der Waals surface area contributed by atoms with Crippen molar-refractivity contribution in [2.24, 2.45) is 0 Å². The molecule has 3 aromatic rings. The summed E-state index contributed by atoms with van der Waals surface area (Å²) in [5, 5.41) is 39.0. The van der Waals surface area contributed by atoms with Crippen LogP contribution in [-0.4, -0.2) is 20.4 Å². The van der Waals surface area contributed by atoms with Gasteiger partial charge in [0.05, 0.1) is 0 Å². The first kappa shape index (κ1) is 14.8. The maximum absolute atomic E-state index is 12.3. The van der Waals surface area contributed by atoms with Gasteiger partial charge in [-0.05, 0) is 32.0 Å². The fourth-order valence-electron chi connectivity index (χ4n) is 2.49. The van der Waals surface area contributed by atoms with Gasteiger partial charge in [0.15, 0.2) is 16.9 Å². The highest BCUT2D eigenvalue weighted by Crippen LogP contribution is 2.39. The van der Waals surface area contributed by atoms with Gasteiger partial charge in [-0.15, -0.1) is 0 Å². The van der Waals surface area contributed by atoms with Gasteiger partial charge < -0.3 is 24.8 Å². The number of fused-ring (bicyclic) bond motifs is 1. The molecular weight excluding hydrogens is 300 g/mol. The molecule has 3 rings (SSSR count). The molecule has 0 bridgehead atoms. The molecule has 1 heterocycles. The first-order chi connectivity index (χ1) is 10.8. The van der Waals surface area contributed by atoms with Crippen LogP contribution in [0.2, 0.25) is 0 Å². The number of hydrogen-bond donors (Lipinski definition) is 4. The number of aromatic hydroxyl groups is 4. The maximum Gasteiger partial charge on any atom is 0.197 e. The zero-order chi connectivity index (χ0) is 16.9. The Labute approximate surface area is 130 Å². The standard InChI is InChI=1S/C17H14O6/c1-7-15(21)8(2)17-14(16(7)22)12(20)6-13(23-17)9-3-4-10(18)11(19)5-9/h3-6,18-19,21-22H,1-2H3. The first-order valence-corrected chi connectivity index (χ1v) is 6.82. The van der Waals surface area contributed by atoms with Gasteiger partial charge in [-0.2, -0.15) is 0 Å². The summed E-state index contributed by atoms with van der Waals surface area (Å²) >= 11 is 0. The number of benzene rings is 2. The van der Waals surface area contributed by atoms with Crippen LogP contribution in [0.4, 0.5) is 0 Å². The Bertz CT molecular complexity index is 1000. The van der Waals surface area contributed by atoms with Crippen molar-refractivity contribution >= 4 is 11.0 Å². The van der Waals surface area contributed by atoms with E-state index < -0.39 is 5.43 Å². The molecule has 6 heteroatoms. The Morgan fingerprint density at radius 1 is 0.870 bits per heavy atom. The minimum absolute atomic E-state index is 0.00968. The second-order valence-electron chi connectivity index (χ2n) is 5.33. The molecule has 0 aliphatic carbocycles. The van der Waals surface area contributed by atoms with Gasteiger partial charge in [0.1, 0.15) is 28.2 Å². The van der Waals surface area contributed by atoms with Crippen LogP contribution in [0, 0.1) is 13.8 Å². The molecule has 0 spiro atoms. The lowest BCUT2D eigenvalue weighted by Crippen LogP contribution is -2.03. The van der Waals surface area contributed by atoms with E-state index in [4.69, 9.17) is 4.42 Å². The van der Waals surface area contributed by atoms with Crippen LogP contribution in [-0.2, 0) is 0 Å². The smallest absolute Gasteiger partial charge is 0.197 e. The van der Waals surface area contributed by atoms with Crippen molar-refractivity contribution in [3.05, 3.63) is 45.6 Å². The van der Waals surface area contributed by atoms with E-state index in [0.29, 0.717) is 11.1 Å². The number of hydrogen-bond acceptors (Lipinski definition) is 6. The molecule has 118 valence electrons. The Kier molecular flexibility index (Phi) is 3.18. The summed E-state index contributed by atoms with van der Waals surface area (Å²) in [6, 6.07) is 5.18. The van der Waals surface area contributed by atoms with Crippen molar-refractivity contribution in [1.82, 2.24) is 0 Å². The van der Waals surface area contributed by atoms with Gasteiger partial charge in [-0.25, -0.2) is 0 Å². The van der Waals surface area contributed by atoms with Gasteiger partial charge in [-0.3, -0.25) is 4.79 Å². The Balaban J connectivity index is 2.38. The number of phenolic OH excluding ortho intramolecular Hbond substituents is 4. The van der Waals surface area contributed by atoms with Crippen LogP contribution in [0.5, 0.6) is 23.0 Å². The molecule has 0 saturated carbocycles. The topological polar surface area (TPSA) is 111 Å². The van der Waals surface area contributed by atoms with Crippen molar-refractivity contribution in [3.8, 4) is 34.3 Å². The van der Waals surface area contributed by atoms with Gasteiger partial charge in [0, 0.05) is 22.8 Å². The van der Waals surface area contributed by atoms with E-state index >= 15 is 0 Å². The summed E-state index contributed by atoms with van der Waals surface area (Å²) in [5.74, 6) is -0.972. The van der Waals surface area contributed by atoms with E-state index in [9.17, 15) is 25.2 Å². The van der Waals surface area contributed by atoms with Crippen molar-refractivity contribution in [2.75, 3.05) is 0 Å². The van der Waals surface area contributed by atoms with Crippen LogP contribution in [0.25, 0.3) is 22.3 Å². The third kappa shape index (κ3) is 2.15. The predicted octanol–water partition coefficient (Wildman–Crippen LogP) is 2.90. The largest absolute Gasteiger partial charge is 0.507 e. The summed E-state index contributed by atoms with van der Waals surface area (Å²) in [6.07, 6.45) is 0. The minimum Gasteiger partial charge on any atom is -0.507 e. The molecule has 6 nitrogen and oxygen atoms in total. The second kappa shape index (κ2) is 4.95. The summed E-state index contributed by atoms with van der Waals surface area (Å²) in [7, 11) is 0. The molecule has 0 fully saturated rings. The van der Waals surface area contributed by atoms with Crippen LogP contribution in [0.15, 0.2) is 33.5 Å². The lowest BCUT2D eigenvalue weighted by molar-refractivity contribution is 0.404. The Morgan fingerprint density at radius 3 is 2.22 bits per heavy atom. The molecule has 1 aromatic heterocycles. The van der Waals surface area contributed by atoms with Gasteiger partial charge >= 0.3 is 0 Å². The van der Waals surface area contributed by atoms with Gasteiger partial charge in [0.25, 0.3) is 0 Å². The van der Waals surface area contributed by atoms with E-state index in [2.05, 4.69) is 0 Å². The van der Waals surface area contributed by atoms with Crippen LogP contribution < -0.4 is 5.43 Å². The molecule has 0 atom stereocenters. The minimum atomic E-state index is -0.475. The molecule has 2 aromatic carbocycles. The highest BCUT2D eigenvalue weighted by atomic mass is 16.3. The van der Waals surface area contributed by atoms with Crippen LogP contribution in [0.1, 0.15) is 11.1 Å². The summed E-state index contributed by atoms with van der Waals surface area (Å²) in [4.78, 5) is 12.3. The normalized spacial score (nSPS) is 11.0. The summed E-state index contributed by atoms with van der Waals surface area (Å²) in [5.41, 5.74) is 0.506. The zero-order valence-electron chi connectivity index (χ0n) is 12.4. The predicted molar refractivity (Wildman–Crippen MR) is 84.1 cm³/mol. The molecule has 0 radical (unpaired) electrons. The zero-order valence-corrected chi connectivity index (χ0v) is 12.4. The number of phenols is 4. The third-order valence-electron chi connectivity index (χ3n) is 3.85. The fraction of sp³-hybridized carbons (Fsp3) is 0.118. The third-order valence-corrected chi connectivity index (χ3v) is 3.85. The van der Waals surface area contributed by atoms with Crippen LogP contribution in [0.3, 0.4) is 0 Å². The molecule has 0 aliphatic heterocycles. The van der Waals surface area contributed by atoms with Gasteiger partial charge in [0.2, 0.25) is 0 Å². The van der Waals surface area contributed by atoms with E-state index in [0.717, 1.165) is 0 Å². The average Bonchev–Trinajstić information content (AvgIpc) is 2.52. The van der Waals surface area contributed by atoms with Crippen molar-refractivity contribution < 1.29 is 24.8 Å². The fourth-order valence-corrected chi connectivity index (χ4v) is 2.49. The van der Waals surface area contributed by atoms with Crippen molar-refractivity contribution in [3.63, 3.8) is 0 Å². The Hall–Kier alpha value is -3.15. The molecule has 0 aliphatic rings. The Morgan fingerprint density at radius 2 is 1.57 bits per heavy atom. The van der Waals surface area contributed by atoms with E-state index in [1.54, 1.807) is 6.92 Å². The van der Waals surface area contributed by atoms with E-state index in [1.807, 2.05) is 0 Å². The quantitative estimate of drug-likeness (QED) is 0.514. The van der Waals surface area contributed by atoms with E-state index in [-0.39, 0.29) is 45.3 Å². The number of aryl methyl sites for hydroxylation is 1. The van der Waals surface area contributed by atoms with Crippen LogP contribution >= 0.6 is 0 Å². The molecule has 23 heavy (non-hydrogen) atoms. The highest BCUT2D eigenvalue weighted by molar-refractivity contribution is 5.90. The molecular formula is C17H14O6. The molecule has 0 unspecified atom stereocenters. The molecule has 0 saturated heterocycles. The van der Waals surface area contributed by atoms with Crippen molar-refractivity contribution in [1.29, 1.82) is 0 Å². The molecule has 4 N–H and O–H groups in total. The lowest BCUT2D eigenvalue weighted by Gasteiger charge is -2.11.